The smallest absolute Gasteiger partial charge is 0.416 e. The summed E-state index contributed by atoms with van der Waals surface area (Å²) in [6.07, 6.45) is 2.14. The second-order valence-corrected chi connectivity index (χ2v) is 10.2. The Hall–Kier alpha value is -4.95. The van der Waals surface area contributed by atoms with Crippen LogP contribution >= 0.6 is 0 Å². The Morgan fingerprint density at radius 2 is 1.95 bits per heavy atom. The molecule has 1 fully saturated rings. The van der Waals surface area contributed by atoms with E-state index in [-0.39, 0.29) is 48.3 Å². The molecule has 0 saturated carbocycles. The summed E-state index contributed by atoms with van der Waals surface area (Å²) in [7, 11) is 1.69. The molecule has 0 spiro atoms. The van der Waals surface area contributed by atoms with Crippen molar-refractivity contribution in [3.05, 3.63) is 71.3 Å². The normalized spacial score (nSPS) is 18.7. The van der Waals surface area contributed by atoms with Crippen molar-refractivity contribution in [3.63, 3.8) is 0 Å². The van der Waals surface area contributed by atoms with E-state index in [1.54, 1.807) is 37.1 Å². The molecule has 1 aliphatic heterocycles. The zero-order chi connectivity index (χ0) is 30.8. The monoisotopic (exact) mass is 597 g/mol. The lowest BCUT2D eigenvalue weighted by Crippen LogP contribution is -2.41. The molecular formula is C28H30F3N9O3. The molecule has 12 nitrogen and oxygen atoms in total. The fourth-order valence-corrected chi connectivity index (χ4v) is 5.16. The summed E-state index contributed by atoms with van der Waals surface area (Å²) in [5, 5.41) is 10.4. The first-order chi connectivity index (χ1) is 20.5. The van der Waals surface area contributed by atoms with Gasteiger partial charge in [-0.1, -0.05) is 12.2 Å². The Labute approximate surface area is 244 Å². The van der Waals surface area contributed by atoms with E-state index < -0.39 is 23.2 Å². The largest absolute Gasteiger partial charge is 0.492 e. The van der Waals surface area contributed by atoms with Gasteiger partial charge in [0.1, 0.15) is 30.8 Å². The number of primary amides is 1. The second-order valence-electron chi connectivity index (χ2n) is 10.2. The number of anilines is 2. The van der Waals surface area contributed by atoms with Crippen molar-refractivity contribution < 1.29 is 27.5 Å². The van der Waals surface area contributed by atoms with Crippen LogP contribution in [0.4, 0.5) is 24.9 Å². The number of carbonyl (C=O) groups excluding carboxylic acids is 2. The molecule has 1 unspecified atom stereocenters. The molecule has 226 valence electrons. The first kappa shape index (κ1) is 29.5. The molecule has 2 amide bonds. The molecule has 4 N–H and O–H groups in total. The quantitative estimate of drug-likeness (QED) is 0.320. The minimum atomic E-state index is -4.71. The SMILES string of the molecule is CNc1cc(-n2ncnc2NC2(c3cc(OCCN4CCCC4=O)cc(C(F)(F)F)c3)CC(C(N)=O)=CC=C2C)ncn1. The highest BCUT2D eigenvalue weighted by atomic mass is 19.4. The van der Waals surface area contributed by atoms with Crippen molar-refractivity contribution in [2.75, 3.05) is 37.4 Å². The van der Waals surface area contributed by atoms with Crippen molar-refractivity contribution in [1.29, 1.82) is 0 Å². The fraction of sp³-hybridized carbons (Fsp3) is 0.357. The van der Waals surface area contributed by atoms with E-state index in [4.69, 9.17) is 10.5 Å². The highest BCUT2D eigenvalue weighted by Gasteiger charge is 2.42. The van der Waals surface area contributed by atoms with E-state index in [1.807, 2.05) is 0 Å². The van der Waals surface area contributed by atoms with Gasteiger partial charge >= 0.3 is 6.18 Å². The van der Waals surface area contributed by atoms with Gasteiger partial charge in [-0.05, 0) is 42.7 Å². The number of rotatable bonds is 10. The number of hydrogen-bond acceptors (Lipinski definition) is 9. The van der Waals surface area contributed by atoms with E-state index in [0.29, 0.717) is 30.2 Å². The van der Waals surface area contributed by atoms with Crippen LogP contribution in [0.15, 0.2) is 60.2 Å². The Morgan fingerprint density at radius 3 is 2.65 bits per heavy atom. The average molecular weight is 598 g/mol. The van der Waals surface area contributed by atoms with Crippen molar-refractivity contribution in [2.45, 2.75) is 37.9 Å². The highest BCUT2D eigenvalue weighted by molar-refractivity contribution is 5.93. The van der Waals surface area contributed by atoms with Crippen molar-refractivity contribution in [2.24, 2.45) is 5.73 Å². The predicted octanol–water partition coefficient (Wildman–Crippen LogP) is 3.19. The lowest BCUT2D eigenvalue weighted by molar-refractivity contribution is -0.137. The molecular weight excluding hydrogens is 567 g/mol. The van der Waals surface area contributed by atoms with Crippen LogP contribution in [-0.2, 0) is 21.3 Å². The summed E-state index contributed by atoms with van der Waals surface area (Å²) >= 11 is 0. The molecule has 0 radical (unpaired) electrons. The number of carbonyl (C=O) groups is 2. The maximum Gasteiger partial charge on any atom is 0.416 e. The van der Waals surface area contributed by atoms with Gasteiger partial charge in [0.15, 0.2) is 5.82 Å². The second kappa shape index (κ2) is 11.7. The minimum Gasteiger partial charge on any atom is -0.492 e. The van der Waals surface area contributed by atoms with Gasteiger partial charge in [0.05, 0.1) is 17.6 Å². The van der Waals surface area contributed by atoms with Gasteiger partial charge in [-0.3, -0.25) is 9.59 Å². The molecule has 1 saturated heterocycles. The van der Waals surface area contributed by atoms with Crippen LogP contribution in [-0.4, -0.2) is 68.2 Å². The van der Waals surface area contributed by atoms with Crippen molar-refractivity contribution in [3.8, 4) is 11.6 Å². The van der Waals surface area contributed by atoms with Gasteiger partial charge < -0.3 is 26.0 Å². The van der Waals surface area contributed by atoms with Crippen LogP contribution in [0.5, 0.6) is 5.75 Å². The Kier molecular flexibility index (Phi) is 8.06. The van der Waals surface area contributed by atoms with E-state index in [2.05, 4.69) is 30.7 Å². The molecule has 15 heteroatoms. The maximum absolute atomic E-state index is 14.2. The van der Waals surface area contributed by atoms with Crippen LogP contribution in [0.1, 0.15) is 37.3 Å². The highest BCUT2D eigenvalue weighted by Crippen LogP contribution is 2.44. The molecule has 2 aromatic heterocycles. The number of aromatic nitrogens is 5. The number of nitrogens with zero attached hydrogens (tertiary/aromatic N) is 6. The lowest BCUT2D eigenvalue weighted by Gasteiger charge is -2.39. The van der Waals surface area contributed by atoms with E-state index >= 15 is 0 Å². The van der Waals surface area contributed by atoms with Crippen LogP contribution in [0.2, 0.25) is 0 Å². The molecule has 3 heterocycles. The molecule has 2 aliphatic rings. The van der Waals surface area contributed by atoms with Gasteiger partial charge in [-0.15, -0.1) is 0 Å². The topological polar surface area (TPSA) is 153 Å². The van der Waals surface area contributed by atoms with Crippen molar-refractivity contribution in [1.82, 2.24) is 29.6 Å². The summed E-state index contributed by atoms with van der Waals surface area (Å²) in [5.74, 6) is 0.207. The Balaban J connectivity index is 1.58. The van der Waals surface area contributed by atoms with E-state index in [0.717, 1.165) is 18.6 Å². The van der Waals surface area contributed by atoms with Crippen LogP contribution in [0, 0.1) is 0 Å². The van der Waals surface area contributed by atoms with Gasteiger partial charge in [-0.2, -0.15) is 27.9 Å². The first-order valence-electron chi connectivity index (χ1n) is 13.5. The number of hydrogen-bond donors (Lipinski definition) is 3. The van der Waals surface area contributed by atoms with Crippen LogP contribution < -0.4 is 21.1 Å². The number of likely N-dealkylation sites (tertiary alicyclic amines) is 1. The standard InChI is InChI=1S/C28H30F3N9O3/c1-17-5-6-18(25(32)42)14-27(17,38-26-36-16-37-40(26)23-13-22(33-2)34-15-35-23)19-10-20(28(29,30)31)12-21(11-19)43-9-8-39-7-3-4-24(39)41/h5-6,10-13,15-16H,3-4,7-9,14H2,1-2H3,(H2,32,42)(H,33,34,35)(H,36,37,38). The third kappa shape index (κ3) is 6.15. The third-order valence-corrected chi connectivity index (χ3v) is 7.51. The van der Waals surface area contributed by atoms with Gasteiger partial charge in [0, 0.05) is 38.1 Å². The van der Waals surface area contributed by atoms with Gasteiger partial charge in [-0.25, -0.2) is 9.97 Å². The first-order valence-corrected chi connectivity index (χ1v) is 13.5. The number of benzene rings is 1. The summed E-state index contributed by atoms with van der Waals surface area (Å²) in [6.45, 7) is 2.56. The number of nitrogens with two attached hydrogens (primary N) is 1. The van der Waals surface area contributed by atoms with Crippen LogP contribution in [0.25, 0.3) is 5.82 Å². The molecule has 1 aromatic carbocycles. The molecule has 0 bridgehead atoms. The number of nitrogens with one attached hydrogen (secondary N) is 2. The molecule has 1 atom stereocenters. The zero-order valence-electron chi connectivity index (χ0n) is 23.5. The summed E-state index contributed by atoms with van der Waals surface area (Å²) < 4.78 is 49.8. The van der Waals surface area contributed by atoms with E-state index in [9.17, 15) is 22.8 Å². The fourth-order valence-electron chi connectivity index (χ4n) is 5.16. The average Bonchev–Trinajstić information content (AvgIpc) is 3.62. The van der Waals surface area contributed by atoms with Crippen LogP contribution in [0.3, 0.4) is 0 Å². The van der Waals surface area contributed by atoms with Gasteiger partial charge in [0.25, 0.3) is 0 Å². The summed E-state index contributed by atoms with van der Waals surface area (Å²) in [6, 6.07) is 5.03. The molecule has 1 aliphatic carbocycles. The van der Waals surface area contributed by atoms with Gasteiger partial charge in [0.2, 0.25) is 17.8 Å². The predicted molar refractivity (Wildman–Crippen MR) is 150 cm³/mol. The Morgan fingerprint density at radius 1 is 1.14 bits per heavy atom. The van der Waals surface area contributed by atoms with E-state index in [1.165, 1.54) is 23.4 Å². The molecule has 43 heavy (non-hydrogen) atoms. The molecule has 3 aromatic rings. The number of amides is 2. The number of ether oxygens (including phenoxy) is 1. The lowest BCUT2D eigenvalue weighted by atomic mass is 9.74. The minimum absolute atomic E-state index is 0.00398. The summed E-state index contributed by atoms with van der Waals surface area (Å²) in [5.41, 5.74) is 4.20. The summed E-state index contributed by atoms with van der Waals surface area (Å²) in [4.78, 5) is 38.6. The third-order valence-electron chi connectivity index (χ3n) is 7.51. The zero-order valence-corrected chi connectivity index (χ0v) is 23.5. The Bertz CT molecular complexity index is 1600. The van der Waals surface area contributed by atoms with Crippen molar-refractivity contribution >= 4 is 23.6 Å². The molecule has 5 rings (SSSR count). The number of alkyl halides is 3. The maximum atomic E-state index is 14.2. The number of halogens is 3. The number of allylic oxidation sites excluding steroid dienone is 2.